The van der Waals surface area contributed by atoms with Crippen LogP contribution in [0, 0.1) is 0 Å². The van der Waals surface area contributed by atoms with E-state index in [4.69, 9.17) is 9.84 Å². The fourth-order valence-electron chi connectivity index (χ4n) is 2.34. The van der Waals surface area contributed by atoms with Crippen molar-refractivity contribution in [3.05, 3.63) is 42.5 Å². The van der Waals surface area contributed by atoms with E-state index in [0.717, 1.165) is 15.7 Å². The van der Waals surface area contributed by atoms with Gasteiger partial charge < -0.3 is 20.1 Å². The van der Waals surface area contributed by atoms with Crippen LogP contribution in [0.5, 0.6) is 0 Å². The Bertz CT molecular complexity index is 603. The molecule has 3 N–H and O–H groups in total. The number of rotatable bonds is 3. The Balaban J connectivity index is 1.79. The van der Waals surface area contributed by atoms with Gasteiger partial charge in [0.2, 0.25) is 0 Å². The molecule has 4 atom stereocenters. The van der Waals surface area contributed by atoms with Crippen molar-refractivity contribution < 1.29 is 20.1 Å². The first-order chi connectivity index (χ1) is 9.69. The molecule has 0 spiro atoms. The third-order valence-corrected chi connectivity index (χ3v) is 4.62. The van der Waals surface area contributed by atoms with Crippen molar-refractivity contribution in [1.82, 2.24) is 0 Å². The molecular formula is C15H16O4S. The van der Waals surface area contributed by atoms with E-state index in [2.05, 4.69) is 0 Å². The Morgan fingerprint density at radius 3 is 2.45 bits per heavy atom. The molecule has 0 radical (unpaired) electrons. The summed E-state index contributed by atoms with van der Waals surface area (Å²) in [5.41, 5.74) is -0.566. The number of ether oxygens (including phenoxy) is 1. The van der Waals surface area contributed by atoms with Gasteiger partial charge in [-0.15, -0.1) is 0 Å². The van der Waals surface area contributed by atoms with Crippen LogP contribution in [0.15, 0.2) is 47.4 Å². The quantitative estimate of drug-likeness (QED) is 0.797. The lowest BCUT2D eigenvalue weighted by Gasteiger charge is -2.14. The van der Waals surface area contributed by atoms with Crippen LogP contribution in [0.4, 0.5) is 0 Å². The SMILES string of the molecule is OCC1OC(Sc2ccc3ccccc3c2)C(O)C1O. The van der Waals surface area contributed by atoms with Gasteiger partial charge in [0.05, 0.1) is 6.61 Å². The van der Waals surface area contributed by atoms with Crippen LogP contribution in [-0.4, -0.2) is 45.7 Å². The molecule has 1 heterocycles. The summed E-state index contributed by atoms with van der Waals surface area (Å²) in [7, 11) is 0. The van der Waals surface area contributed by atoms with Crippen molar-refractivity contribution in [2.75, 3.05) is 6.61 Å². The van der Waals surface area contributed by atoms with Gasteiger partial charge in [-0.1, -0.05) is 42.1 Å². The van der Waals surface area contributed by atoms with E-state index < -0.39 is 23.7 Å². The van der Waals surface area contributed by atoms with Gasteiger partial charge >= 0.3 is 0 Å². The van der Waals surface area contributed by atoms with E-state index in [1.807, 2.05) is 42.5 Å². The molecule has 4 unspecified atom stereocenters. The Morgan fingerprint density at radius 1 is 1.00 bits per heavy atom. The van der Waals surface area contributed by atoms with Crippen LogP contribution >= 0.6 is 11.8 Å². The Morgan fingerprint density at radius 2 is 1.75 bits per heavy atom. The topological polar surface area (TPSA) is 69.9 Å². The van der Waals surface area contributed by atoms with Crippen molar-refractivity contribution in [3.8, 4) is 0 Å². The summed E-state index contributed by atoms with van der Waals surface area (Å²) in [5, 5.41) is 31.0. The molecule has 1 aliphatic heterocycles. The number of aliphatic hydroxyl groups excluding tert-OH is 3. The normalized spacial score (nSPS) is 29.9. The van der Waals surface area contributed by atoms with E-state index in [-0.39, 0.29) is 6.61 Å². The zero-order chi connectivity index (χ0) is 14.1. The number of aliphatic hydroxyl groups is 3. The van der Waals surface area contributed by atoms with Crippen LogP contribution in [0.25, 0.3) is 10.8 Å². The zero-order valence-electron chi connectivity index (χ0n) is 10.7. The second-order valence-electron chi connectivity index (χ2n) is 4.83. The van der Waals surface area contributed by atoms with E-state index in [1.165, 1.54) is 11.8 Å². The van der Waals surface area contributed by atoms with Gasteiger partial charge in [-0.2, -0.15) is 0 Å². The monoisotopic (exact) mass is 292 g/mol. The fourth-order valence-corrected chi connectivity index (χ4v) is 3.45. The number of fused-ring (bicyclic) bond motifs is 1. The standard InChI is InChI=1S/C15H16O4S/c16-8-12-13(17)14(18)15(19-12)20-11-6-5-9-3-1-2-4-10(9)7-11/h1-7,12-18H,8H2. The molecule has 1 aliphatic rings. The summed E-state index contributed by atoms with van der Waals surface area (Å²) >= 11 is 1.35. The fraction of sp³-hybridized carbons (Fsp3) is 0.333. The molecule has 106 valence electrons. The summed E-state index contributed by atoms with van der Waals surface area (Å²) in [6.07, 6.45) is -2.76. The van der Waals surface area contributed by atoms with E-state index >= 15 is 0 Å². The second kappa shape index (κ2) is 5.71. The van der Waals surface area contributed by atoms with Crippen LogP contribution in [-0.2, 0) is 4.74 Å². The van der Waals surface area contributed by atoms with Gasteiger partial charge in [-0.25, -0.2) is 0 Å². The van der Waals surface area contributed by atoms with E-state index in [1.54, 1.807) is 0 Å². The maximum Gasteiger partial charge on any atom is 0.136 e. The minimum Gasteiger partial charge on any atom is -0.394 e. The first-order valence-electron chi connectivity index (χ1n) is 6.47. The molecule has 4 nitrogen and oxygen atoms in total. The highest BCUT2D eigenvalue weighted by Crippen LogP contribution is 2.35. The summed E-state index contributed by atoms with van der Waals surface area (Å²) in [6, 6.07) is 14.0. The van der Waals surface area contributed by atoms with Gasteiger partial charge in [0.25, 0.3) is 0 Å². The van der Waals surface area contributed by atoms with E-state index in [9.17, 15) is 10.2 Å². The molecular weight excluding hydrogens is 276 g/mol. The van der Waals surface area contributed by atoms with Crippen molar-refractivity contribution >= 4 is 22.5 Å². The highest BCUT2D eigenvalue weighted by Gasteiger charge is 2.42. The molecule has 5 heteroatoms. The number of hydrogen-bond acceptors (Lipinski definition) is 5. The third-order valence-electron chi connectivity index (χ3n) is 3.47. The lowest BCUT2D eigenvalue weighted by atomic mass is 10.1. The third kappa shape index (κ3) is 2.55. The first-order valence-corrected chi connectivity index (χ1v) is 7.35. The Kier molecular flexibility index (Phi) is 3.96. The number of thioether (sulfide) groups is 1. The van der Waals surface area contributed by atoms with Gasteiger partial charge in [0, 0.05) is 4.90 Å². The first kappa shape index (κ1) is 13.9. The van der Waals surface area contributed by atoms with E-state index in [0.29, 0.717) is 0 Å². The molecule has 3 rings (SSSR count). The minimum atomic E-state index is -1.04. The molecule has 0 aliphatic carbocycles. The average Bonchev–Trinajstić information content (AvgIpc) is 2.75. The van der Waals surface area contributed by atoms with Crippen LogP contribution < -0.4 is 0 Å². The number of hydrogen-bond donors (Lipinski definition) is 3. The summed E-state index contributed by atoms with van der Waals surface area (Å²) in [4.78, 5) is 0.957. The van der Waals surface area contributed by atoms with Crippen LogP contribution in [0.2, 0.25) is 0 Å². The van der Waals surface area contributed by atoms with Crippen molar-refractivity contribution in [3.63, 3.8) is 0 Å². The maximum atomic E-state index is 9.93. The molecule has 0 aromatic heterocycles. The Hall–Kier alpha value is -1.11. The van der Waals surface area contributed by atoms with Crippen molar-refractivity contribution in [2.24, 2.45) is 0 Å². The van der Waals surface area contributed by atoms with Gasteiger partial charge in [-0.05, 0) is 22.9 Å². The molecule has 2 aromatic rings. The molecule has 0 saturated carbocycles. The Labute approximate surface area is 121 Å². The van der Waals surface area contributed by atoms with Gasteiger partial charge in [0.15, 0.2) is 0 Å². The second-order valence-corrected chi connectivity index (χ2v) is 6.01. The lowest BCUT2D eigenvalue weighted by Crippen LogP contribution is -2.33. The molecule has 1 saturated heterocycles. The minimum absolute atomic E-state index is 0.299. The van der Waals surface area contributed by atoms with Gasteiger partial charge in [-0.3, -0.25) is 0 Å². The predicted octanol–water partition coefficient (Wildman–Crippen LogP) is 1.37. The van der Waals surface area contributed by atoms with Crippen LogP contribution in [0.3, 0.4) is 0 Å². The van der Waals surface area contributed by atoms with Crippen molar-refractivity contribution in [1.29, 1.82) is 0 Å². The van der Waals surface area contributed by atoms with Crippen LogP contribution in [0.1, 0.15) is 0 Å². The molecule has 0 bridgehead atoms. The highest BCUT2D eigenvalue weighted by molar-refractivity contribution is 7.99. The predicted molar refractivity (Wildman–Crippen MR) is 77.6 cm³/mol. The molecule has 1 fully saturated rings. The lowest BCUT2D eigenvalue weighted by molar-refractivity contribution is -0.00808. The highest BCUT2D eigenvalue weighted by atomic mass is 32.2. The molecule has 20 heavy (non-hydrogen) atoms. The smallest absolute Gasteiger partial charge is 0.136 e. The maximum absolute atomic E-state index is 9.93. The number of benzene rings is 2. The average molecular weight is 292 g/mol. The van der Waals surface area contributed by atoms with Crippen molar-refractivity contribution in [2.45, 2.75) is 28.6 Å². The zero-order valence-corrected chi connectivity index (χ0v) is 11.5. The molecule has 0 amide bonds. The summed E-state index contributed by atoms with van der Waals surface area (Å²) in [6.45, 7) is -0.299. The van der Waals surface area contributed by atoms with Gasteiger partial charge in [0.1, 0.15) is 23.7 Å². The largest absolute Gasteiger partial charge is 0.394 e. The summed E-state index contributed by atoms with van der Waals surface area (Å²) < 4.78 is 5.46. The molecule has 2 aromatic carbocycles. The summed E-state index contributed by atoms with van der Waals surface area (Å²) in [5.74, 6) is 0.